The van der Waals surface area contributed by atoms with E-state index in [1.165, 1.54) is 0 Å². The molecule has 0 aromatic heterocycles. The summed E-state index contributed by atoms with van der Waals surface area (Å²) >= 11 is 15.4. The lowest BCUT2D eigenvalue weighted by Crippen LogP contribution is -2.12. The molecule has 0 saturated heterocycles. The van der Waals surface area contributed by atoms with Gasteiger partial charge in [0, 0.05) is 20.7 Å². The molecule has 0 fully saturated rings. The van der Waals surface area contributed by atoms with Crippen LogP contribution in [0.4, 0.5) is 11.4 Å². The van der Waals surface area contributed by atoms with Crippen LogP contribution in [0.2, 0.25) is 10.0 Å². The van der Waals surface area contributed by atoms with Crippen LogP contribution in [0.5, 0.6) is 0 Å². The number of nitrogen functional groups attached to an aromatic ring is 1. The van der Waals surface area contributed by atoms with Gasteiger partial charge in [-0.25, -0.2) is 0 Å². The van der Waals surface area contributed by atoms with Gasteiger partial charge >= 0.3 is 0 Å². The van der Waals surface area contributed by atoms with E-state index in [0.717, 1.165) is 10.0 Å². The SMILES string of the molecule is Cc1cc(Cl)c(NC(=O)c2cc(N)cc(Br)c2)cc1Cl. The van der Waals surface area contributed by atoms with Gasteiger partial charge in [0.2, 0.25) is 0 Å². The predicted octanol–water partition coefficient (Wildman–Crippen LogP) is 4.90. The molecule has 20 heavy (non-hydrogen) atoms. The van der Waals surface area contributed by atoms with Crippen molar-refractivity contribution in [2.24, 2.45) is 0 Å². The number of hydrogen-bond acceptors (Lipinski definition) is 2. The van der Waals surface area contributed by atoms with E-state index in [1.54, 1.807) is 30.3 Å². The van der Waals surface area contributed by atoms with E-state index in [1.807, 2.05) is 6.92 Å². The maximum absolute atomic E-state index is 12.2. The summed E-state index contributed by atoms with van der Waals surface area (Å²) in [5.74, 6) is -0.306. The van der Waals surface area contributed by atoms with Gasteiger partial charge in [-0.2, -0.15) is 0 Å². The third-order valence-electron chi connectivity index (χ3n) is 2.68. The summed E-state index contributed by atoms with van der Waals surface area (Å²) in [6, 6.07) is 8.30. The van der Waals surface area contributed by atoms with Crippen LogP contribution in [0.1, 0.15) is 15.9 Å². The molecule has 0 radical (unpaired) electrons. The number of hydrogen-bond donors (Lipinski definition) is 2. The highest BCUT2D eigenvalue weighted by atomic mass is 79.9. The van der Waals surface area contributed by atoms with Crippen LogP contribution in [-0.4, -0.2) is 5.91 Å². The predicted molar refractivity (Wildman–Crippen MR) is 87.7 cm³/mol. The van der Waals surface area contributed by atoms with Gasteiger partial charge in [0.25, 0.3) is 5.91 Å². The number of anilines is 2. The lowest BCUT2D eigenvalue weighted by atomic mass is 10.1. The molecule has 104 valence electrons. The van der Waals surface area contributed by atoms with Crippen molar-refractivity contribution < 1.29 is 4.79 Å². The maximum atomic E-state index is 12.2. The number of benzene rings is 2. The number of halogens is 3. The summed E-state index contributed by atoms with van der Waals surface area (Å²) in [7, 11) is 0. The van der Waals surface area contributed by atoms with Crippen LogP contribution in [0.25, 0.3) is 0 Å². The van der Waals surface area contributed by atoms with E-state index >= 15 is 0 Å². The molecule has 1 amide bonds. The molecule has 0 bridgehead atoms. The van der Waals surface area contributed by atoms with E-state index in [-0.39, 0.29) is 5.91 Å². The van der Waals surface area contributed by atoms with Crippen LogP contribution in [0, 0.1) is 6.92 Å². The monoisotopic (exact) mass is 372 g/mol. The van der Waals surface area contributed by atoms with E-state index in [2.05, 4.69) is 21.2 Å². The van der Waals surface area contributed by atoms with Crippen molar-refractivity contribution >= 4 is 56.4 Å². The van der Waals surface area contributed by atoms with Gasteiger partial charge in [0.1, 0.15) is 0 Å². The van der Waals surface area contributed by atoms with Crippen molar-refractivity contribution in [3.05, 3.63) is 56.0 Å². The molecule has 0 spiro atoms. The molecular weight excluding hydrogens is 363 g/mol. The first-order valence-corrected chi connectivity index (χ1v) is 7.25. The summed E-state index contributed by atoms with van der Waals surface area (Å²) in [6.07, 6.45) is 0. The maximum Gasteiger partial charge on any atom is 0.255 e. The van der Waals surface area contributed by atoms with Crippen LogP contribution in [-0.2, 0) is 0 Å². The van der Waals surface area contributed by atoms with Gasteiger partial charge in [0.15, 0.2) is 0 Å². The molecule has 2 rings (SSSR count). The molecule has 0 aliphatic heterocycles. The topological polar surface area (TPSA) is 55.1 Å². The average Bonchev–Trinajstić information content (AvgIpc) is 2.34. The van der Waals surface area contributed by atoms with Crippen LogP contribution in [0.3, 0.4) is 0 Å². The normalized spacial score (nSPS) is 10.4. The Kier molecular flexibility index (Phi) is 4.58. The summed E-state index contributed by atoms with van der Waals surface area (Å²) in [5, 5.41) is 3.69. The lowest BCUT2D eigenvalue weighted by Gasteiger charge is -2.10. The standard InChI is InChI=1S/C14H11BrCl2N2O/c1-7-2-12(17)13(6-11(7)16)19-14(20)8-3-9(15)5-10(18)4-8/h2-6H,18H2,1H3,(H,19,20). The Labute approximate surface area is 135 Å². The summed E-state index contributed by atoms with van der Waals surface area (Å²) in [4.78, 5) is 12.2. The van der Waals surface area contributed by atoms with E-state index in [0.29, 0.717) is 27.0 Å². The highest BCUT2D eigenvalue weighted by Crippen LogP contribution is 2.29. The first-order chi connectivity index (χ1) is 9.36. The molecule has 3 nitrogen and oxygen atoms in total. The Balaban J connectivity index is 2.30. The zero-order valence-electron chi connectivity index (χ0n) is 10.5. The number of nitrogens with one attached hydrogen (secondary N) is 1. The average molecular weight is 374 g/mol. The molecule has 0 atom stereocenters. The molecule has 0 aliphatic carbocycles. The smallest absolute Gasteiger partial charge is 0.255 e. The van der Waals surface area contributed by atoms with Crippen LogP contribution in [0.15, 0.2) is 34.8 Å². The number of carbonyl (C=O) groups is 1. The third kappa shape index (κ3) is 3.45. The number of carbonyl (C=O) groups excluding carboxylic acids is 1. The van der Waals surface area contributed by atoms with Gasteiger partial charge in [-0.05, 0) is 42.8 Å². The van der Waals surface area contributed by atoms with Crippen molar-refractivity contribution in [2.45, 2.75) is 6.92 Å². The number of nitrogens with two attached hydrogens (primary N) is 1. The second kappa shape index (κ2) is 6.04. The molecule has 6 heteroatoms. The van der Waals surface area contributed by atoms with Crippen molar-refractivity contribution in [3.8, 4) is 0 Å². The highest BCUT2D eigenvalue weighted by molar-refractivity contribution is 9.10. The summed E-state index contributed by atoms with van der Waals surface area (Å²) in [5.41, 5.74) is 7.95. The fourth-order valence-corrected chi connectivity index (χ4v) is 2.62. The molecule has 2 aromatic rings. The Morgan fingerprint density at radius 2 is 1.85 bits per heavy atom. The molecule has 0 aliphatic rings. The highest BCUT2D eigenvalue weighted by Gasteiger charge is 2.11. The van der Waals surface area contributed by atoms with E-state index in [4.69, 9.17) is 28.9 Å². The molecule has 3 N–H and O–H groups in total. The minimum absolute atomic E-state index is 0.306. The fourth-order valence-electron chi connectivity index (χ4n) is 1.68. The summed E-state index contributed by atoms with van der Waals surface area (Å²) in [6.45, 7) is 1.84. The van der Waals surface area contributed by atoms with E-state index in [9.17, 15) is 4.79 Å². The van der Waals surface area contributed by atoms with Crippen molar-refractivity contribution in [1.82, 2.24) is 0 Å². The number of rotatable bonds is 2. The molecular formula is C14H11BrCl2N2O. The largest absolute Gasteiger partial charge is 0.399 e. The Morgan fingerprint density at radius 1 is 1.15 bits per heavy atom. The Hall–Kier alpha value is -1.23. The molecule has 0 unspecified atom stereocenters. The summed E-state index contributed by atoms with van der Waals surface area (Å²) < 4.78 is 0.732. The second-order valence-corrected chi connectivity index (χ2v) is 6.04. The number of aryl methyl sites for hydroxylation is 1. The van der Waals surface area contributed by atoms with Gasteiger partial charge in [-0.15, -0.1) is 0 Å². The lowest BCUT2D eigenvalue weighted by molar-refractivity contribution is 0.102. The van der Waals surface area contributed by atoms with E-state index < -0.39 is 0 Å². The zero-order chi connectivity index (χ0) is 14.9. The zero-order valence-corrected chi connectivity index (χ0v) is 13.6. The first-order valence-electron chi connectivity index (χ1n) is 5.70. The molecule has 0 heterocycles. The minimum atomic E-state index is -0.306. The van der Waals surface area contributed by atoms with Crippen molar-refractivity contribution in [3.63, 3.8) is 0 Å². The van der Waals surface area contributed by atoms with Gasteiger partial charge < -0.3 is 11.1 Å². The fraction of sp³-hybridized carbons (Fsp3) is 0.0714. The quantitative estimate of drug-likeness (QED) is 0.735. The minimum Gasteiger partial charge on any atom is -0.399 e. The molecule has 0 saturated carbocycles. The van der Waals surface area contributed by atoms with Crippen molar-refractivity contribution in [2.75, 3.05) is 11.1 Å². The van der Waals surface area contributed by atoms with Gasteiger partial charge in [-0.3, -0.25) is 4.79 Å². The number of amides is 1. The van der Waals surface area contributed by atoms with Gasteiger partial charge in [-0.1, -0.05) is 39.1 Å². The first kappa shape index (κ1) is 15.2. The van der Waals surface area contributed by atoms with Crippen molar-refractivity contribution in [1.29, 1.82) is 0 Å². The van der Waals surface area contributed by atoms with Crippen LogP contribution < -0.4 is 11.1 Å². The molecule has 2 aromatic carbocycles. The van der Waals surface area contributed by atoms with Gasteiger partial charge in [0.05, 0.1) is 10.7 Å². The third-order valence-corrected chi connectivity index (χ3v) is 3.86. The second-order valence-electron chi connectivity index (χ2n) is 4.31. The van der Waals surface area contributed by atoms with Crippen LogP contribution >= 0.6 is 39.1 Å². The Bertz CT molecular complexity index is 669. The Morgan fingerprint density at radius 3 is 2.50 bits per heavy atom.